The van der Waals surface area contributed by atoms with Crippen molar-refractivity contribution in [2.45, 2.75) is 19.5 Å². The summed E-state index contributed by atoms with van der Waals surface area (Å²) in [6, 6.07) is 2.10. The summed E-state index contributed by atoms with van der Waals surface area (Å²) in [6.07, 6.45) is 1.51. The second-order valence-electron chi connectivity index (χ2n) is 3.44. The Kier molecular flexibility index (Phi) is 3.93. The highest BCUT2D eigenvalue weighted by molar-refractivity contribution is 5.82. The summed E-state index contributed by atoms with van der Waals surface area (Å²) < 4.78 is 5.07. The molecule has 0 saturated heterocycles. The van der Waals surface area contributed by atoms with Crippen molar-refractivity contribution in [3.8, 4) is 0 Å². The maximum Gasteiger partial charge on any atom is 0.325 e. The van der Waals surface area contributed by atoms with Gasteiger partial charge in [-0.2, -0.15) is 0 Å². The van der Waals surface area contributed by atoms with Crippen molar-refractivity contribution in [2.24, 2.45) is 0 Å². The summed E-state index contributed by atoms with van der Waals surface area (Å²) >= 11 is 0. The standard InChI is InChI=1S/C10H14N2O4/c1-7(9(13)14)11-10(15)12(2)6-8-4-3-5-16-8/h3-5,7H,6H2,1-2H3,(H,11,15)(H,13,14)/t7-/m1/s1. The van der Waals surface area contributed by atoms with Gasteiger partial charge in [0.1, 0.15) is 11.8 Å². The summed E-state index contributed by atoms with van der Waals surface area (Å²) in [5, 5.41) is 11.0. The fourth-order valence-corrected chi connectivity index (χ4v) is 1.07. The van der Waals surface area contributed by atoms with Gasteiger partial charge in [0, 0.05) is 7.05 Å². The fraction of sp³-hybridized carbons (Fsp3) is 0.400. The molecule has 0 aliphatic rings. The number of nitrogens with one attached hydrogen (secondary N) is 1. The van der Waals surface area contributed by atoms with E-state index in [9.17, 15) is 9.59 Å². The summed E-state index contributed by atoms with van der Waals surface area (Å²) in [6.45, 7) is 1.70. The summed E-state index contributed by atoms with van der Waals surface area (Å²) in [4.78, 5) is 23.4. The van der Waals surface area contributed by atoms with Crippen LogP contribution in [-0.4, -0.2) is 35.1 Å². The van der Waals surface area contributed by atoms with Crippen molar-refractivity contribution in [3.05, 3.63) is 24.2 Å². The van der Waals surface area contributed by atoms with Gasteiger partial charge < -0.3 is 19.7 Å². The van der Waals surface area contributed by atoms with Gasteiger partial charge in [0.2, 0.25) is 0 Å². The van der Waals surface area contributed by atoms with Crippen LogP contribution in [0.4, 0.5) is 4.79 Å². The molecule has 1 atom stereocenters. The number of hydrogen-bond donors (Lipinski definition) is 2. The first-order chi connectivity index (χ1) is 7.50. The van der Waals surface area contributed by atoms with Crippen LogP contribution in [0.5, 0.6) is 0 Å². The third kappa shape index (κ3) is 3.30. The lowest BCUT2D eigenvalue weighted by Gasteiger charge is -2.18. The predicted octanol–water partition coefficient (Wildman–Crippen LogP) is 0.894. The van der Waals surface area contributed by atoms with Crippen LogP contribution in [-0.2, 0) is 11.3 Å². The Balaban J connectivity index is 2.45. The molecule has 0 unspecified atom stereocenters. The van der Waals surface area contributed by atoms with Crippen molar-refractivity contribution >= 4 is 12.0 Å². The number of carbonyl (C=O) groups excluding carboxylic acids is 1. The Hall–Kier alpha value is -1.98. The van der Waals surface area contributed by atoms with E-state index in [0.29, 0.717) is 12.3 Å². The number of aliphatic carboxylic acids is 1. The molecule has 2 amide bonds. The minimum absolute atomic E-state index is 0.297. The van der Waals surface area contributed by atoms with Crippen molar-refractivity contribution in [1.29, 1.82) is 0 Å². The highest BCUT2D eigenvalue weighted by Crippen LogP contribution is 2.03. The molecule has 0 spiro atoms. The largest absolute Gasteiger partial charge is 0.480 e. The summed E-state index contributed by atoms with van der Waals surface area (Å²) in [5.74, 6) is -0.430. The number of furan rings is 1. The number of carboxylic acid groups (broad SMARTS) is 1. The van der Waals surface area contributed by atoms with Gasteiger partial charge in [-0.05, 0) is 19.1 Å². The van der Waals surface area contributed by atoms with Gasteiger partial charge in [-0.1, -0.05) is 0 Å². The van der Waals surface area contributed by atoms with Gasteiger partial charge in [0.05, 0.1) is 12.8 Å². The molecular weight excluding hydrogens is 212 g/mol. The average Bonchev–Trinajstić information content (AvgIpc) is 2.69. The van der Waals surface area contributed by atoms with E-state index in [1.54, 1.807) is 19.2 Å². The van der Waals surface area contributed by atoms with E-state index in [1.807, 2.05) is 0 Å². The molecule has 2 N–H and O–H groups in total. The molecule has 6 nitrogen and oxygen atoms in total. The monoisotopic (exact) mass is 226 g/mol. The minimum atomic E-state index is -1.07. The van der Waals surface area contributed by atoms with E-state index in [1.165, 1.54) is 18.1 Å². The van der Waals surface area contributed by atoms with Gasteiger partial charge in [-0.3, -0.25) is 4.79 Å². The maximum atomic E-state index is 11.5. The van der Waals surface area contributed by atoms with Gasteiger partial charge in [0.25, 0.3) is 0 Å². The van der Waals surface area contributed by atoms with Crippen molar-refractivity contribution in [2.75, 3.05) is 7.05 Å². The lowest BCUT2D eigenvalue weighted by atomic mass is 10.3. The highest BCUT2D eigenvalue weighted by atomic mass is 16.4. The summed E-state index contributed by atoms with van der Waals surface area (Å²) in [7, 11) is 1.56. The molecule has 1 heterocycles. The van der Waals surface area contributed by atoms with E-state index >= 15 is 0 Å². The fourth-order valence-electron chi connectivity index (χ4n) is 1.07. The second kappa shape index (κ2) is 5.20. The van der Waals surface area contributed by atoms with E-state index in [-0.39, 0.29) is 0 Å². The Morgan fingerprint density at radius 2 is 2.31 bits per heavy atom. The quantitative estimate of drug-likeness (QED) is 0.798. The van der Waals surface area contributed by atoms with E-state index in [2.05, 4.69) is 5.32 Å². The molecule has 0 aliphatic carbocycles. The Morgan fingerprint density at radius 1 is 1.62 bits per heavy atom. The zero-order chi connectivity index (χ0) is 12.1. The van der Waals surface area contributed by atoms with Crippen molar-refractivity contribution in [1.82, 2.24) is 10.2 Å². The SMILES string of the molecule is C[C@@H](NC(=O)N(C)Cc1ccco1)C(=O)O. The van der Waals surface area contributed by atoms with Gasteiger partial charge in [-0.15, -0.1) is 0 Å². The highest BCUT2D eigenvalue weighted by Gasteiger charge is 2.17. The molecule has 1 aromatic rings. The molecule has 0 saturated carbocycles. The average molecular weight is 226 g/mol. The molecule has 1 rings (SSSR count). The van der Waals surface area contributed by atoms with E-state index in [0.717, 1.165) is 0 Å². The van der Waals surface area contributed by atoms with Crippen LogP contribution >= 0.6 is 0 Å². The number of nitrogens with zero attached hydrogens (tertiary/aromatic N) is 1. The van der Waals surface area contributed by atoms with Crippen LogP contribution in [0.25, 0.3) is 0 Å². The second-order valence-corrected chi connectivity index (χ2v) is 3.44. The van der Waals surface area contributed by atoms with Crippen LogP contribution in [0.1, 0.15) is 12.7 Å². The normalized spacial score (nSPS) is 11.9. The smallest absolute Gasteiger partial charge is 0.325 e. The van der Waals surface area contributed by atoms with E-state index in [4.69, 9.17) is 9.52 Å². The van der Waals surface area contributed by atoms with Crippen LogP contribution in [0.15, 0.2) is 22.8 Å². The Morgan fingerprint density at radius 3 is 2.81 bits per heavy atom. The van der Waals surface area contributed by atoms with Gasteiger partial charge >= 0.3 is 12.0 Å². The van der Waals surface area contributed by atoms with Crippen molar-refractivity contribution in [3.63, 3.8) is 0 Å². The number of rotatable bonds is 4. The van der Waals surface area contributed by atoms with E-state index < -0.39 is 18.0 Å². The molecule has 0 aromatic carbocycles. The maximum absolute atomic E-state index is 11.5. The number of carboxylic acids is 1. The number of amides is 2. The first-order valence-electron chi connectivity index (χ1n) is 4.77. The molecule has 88 valence electrons. The third-order valence-corrected chi connectivity index (χ3v) is 2.03. The summed E-state index contributed by atoms with van der Waals surface area (Å²) in [5.41, 5.74) is 0. The lowest BCUT2D eigenvalue weighted by molar-refractivity contribution is -0.138. The number of carbonyl (C=O) groups is 2. The topological polar surface area (TPSA) is 82.8 Å². The number of urea groups is 1. The van der Waals surface area contributed by atoms with Crippen LogP contribution in [0.3, 0.4) is 0 Å². The first kappa shape index (κ1) is 12.1. The lowest BCUT2D eigenvalue weighted by Crippen LogP contribution is -2.44. The zero-order valence-electron chi connectivity index (χ0n) is 9.14. The van der Waals surface area contributed by atoms with Crippen molar-refractivity contribution < 1.29 is 19.1 Å². The first-order valence-corrected chi connectivity index (χ1v) is 4.77. The third-order valence-electron chi connectivity index (χ3n) is 2.03. The molecule has 0 bridgehead atoms. The molecule has 0 radical (unpaired) electrons. The van der Waals surface area contributed by atoms with Crippen LogP contribution < -0.4 is 5.32 Å². The zero-order valence-corrected chi connectivity index (χ0v) is 9.14. The Labute approximate surface area is 92.8 Å². The molecule has 1 aromatic heterocycles. The molecular formula is C10H14N2O4. The molecule has 0 fully saturated rings. The Bertz CT molecular complexity index is 361. The predicted molar refractivity (Wildman–Crippen MR) is 55.8 cm³/mol. The molecule has 6 heteroatoms. The minimum Gasteiger partial charge on any atom is -0.480 e. The number of hydrogen-bond acceptors (Lipinski definition) is 3. The van der Waals surface area contributed by atoms with Crippen LogP contribution in [0.2, 0.25) is 0 Å². The van der Waals surface area contributed by atoms with Crippen LogP contribution in [0, 0.1) is 0 Å². The van der Waals surface area contributed by atoms with Gasteiger partial charge in [-0.25, -0.2) is 4.79 Å². The molecule has 16 heavy (non-hydrogen) atoms. The molecule has 0 aliphatic heterocycles. The van der Waals surface area contributed by atoms with Gasteiger partial charge in [0.15, 0.2) is 0 Å².